The number of rotatable bonds is 8. The first-order valence-electron chi connectivity index (χ1n) is 12.0. The number of cyclic esters (lactones) is 1. The Balaban J connectivity index is 1.40. The van der Waals surface area contributed by atoms with Gasteiger partial charge in [0.2, 0.25) is 0 Å². The van der Waals surface area contributed by atoms with Crippen molar-refractivity contribution in [3.8, 4) is 16.9 Å². The van der Waals surface area contributed by atoms with Crippen LogP contribution in [0.1, 0.15) is 20.8 Å². The molecular weight excluding hydrogens is 527 g/mol. The maximum absolute atomic E-state index is 14.7. The van der Waals surface area contributed by atoms with Crippen LogP contribution in [0.2, 0.25) is 5.02 Å². The maximum Gasteiger partial charge on any atom is 0.409 e. The van der Waals surface area contributed by atoms with Crippen molar-refractivity contribution in [1.82, 2.24) is 25.0 Å². The molecule has 0 bridgehead atoms. The second-order valence-corrected chi connectivity index (χ2v) is 8.91. The zero-order valence-corrected chi connectivity index (χ0v) is 21.2. The average Bonchev–Trinajstić information content (AvgIpc) is 3.55. The van der Waals surface area contributed by atoms with Crippen molar-refractivity contribution in [1.29, 1.82) is 0 Å². The first-order valence-corrected chi connectivity index (χ1v) is 12.4. The topological polar surface area (TPSA) is 118 Å². The predicted molar refractivity (Wildman–Crippen MR) is 141 cm³/mol. The van der Waals surface area contributed by atoms with Crippen LogP contribution in [-0.2, 0) is 4.74 Å². The summed E-state index contributed by atoms with van der Waals surface area (Å²) in [5.41, 5.74) is 1.10. The Labute approximate surface area is 227 Å². The lowest BCUT2D eigenvalue weighted by Crippen LogP contribution is -2.35. The van der Waals surface area contributed by atoms with Crippen LogP contribution in [0.25, 0.3) is 16.9 Å². The van der Waals surface area contributed by atoms with Gasteiger partial charge < -0.3 is 20.3 Å². The second-order valence-electron chi connectivity index (χ2n) is 8.50. The van der Waals surface area contributed by atoms with Gasteiger partial charge in [-0.3, -0.25) is 14.6 Å². The fourth-order valence-electron chi connectivity index (χ4n) is 4.00. The highest BCUT2D eigenvalue weighted by Gasteiger charge is 2.23. The number of pyridine rings is 1. The summed E-state index contributed by atoms with van der Waals surface area (Å²) in [6.45, 7) is 1.25. The molecule has 10 nitrogen and oxygen atoms in total. The van der Waals surface area contributed by atoms with E-state index in [1.165, 1.54) is 27.9 Å². The molecule has 2 N–H and O–H groups in total. The van der Waals surface area contributed by atoms with Crippen molar-refractivity contribution < 1.29 is 23.5 Å². The molecule has 1 saturated heterocycles. The Kier molecular flexibility index (Phi) is 7.50. The number of hydrogen-bond donors (Lipinski definition) is 2. The smallest absolute Gasteiger partial charge is 0.409 e. The third-order valence-electron chi connectivity index (χ3n) is 5.94. The van der Waals surface area contributed by atoms with Crippen LogP contribution < -0.4 is 10.6 Å². The van der Waals surface area contributed by atoms with Crippen LogP contribution >= 0.6 is 11.6 Å². The van der Waals surface area contributed by atoms with E-state index in [2.05, 4.69) is 20.7 Å². The van der Waals surface area contributed by atoms with Crippen molar-refractivity contribution in [2.24, 2.45) is 0 Å². The number of benzene rings is 2. The lowest BCUT2D eigenvalue weighted by molar-refractivity contribution is 0.0942. The van der Waals surface area contributed by atoms with E-state index in [1.807, 2.05) is 6.07 Å². The molecule has 5 rings (SSSR count). The first kappa shape index (κ1) is 25.9. The molecule has 0 saturated carbocycles. The van der Waals surface area contributed by atoms with Gasteiger partial charge in [-0.2, -0.15) is 5.10 Å². The monoisotopic (exact) mass is 548 g/mol. The third-order valence-corrected chi connectivity index (χ3v) is 6.25. The summed E-state index contributed by atoms with van der Waals surface area (Å²) in [6, 6.07) is 17.7. The molecule has 39 heavy (non-hydrogen) atoms. The van der Waals surface area contributed by atoms with Gasteiger partial charge in [-0.1, -0.05) is 35.9 Å². The summed E-state index contributed by atoms with van der Waals surface area (Å²) < 4.78 is 20.9. The minimum atomic E-state index is -0.631. The Morgan fingerprint density at radius 2 is 1.85 bits per heavy atom. The van der Waals surface area contributed by atoms with Gasteiger partial charge in [0.25, 0.3) is 11.8 Å². The number of halogens is 2. The molecule has 0 atom stereocenters. The molecule has 0 spiro atoms. The van der Waals surface area contributed by atoms with E-state index in [9.17, 15) is 18.8 Å². The molecule has 4 aromatic rings. The molecule has 2 aromatic heterocycles. The number of carbonyl (C=O) groups is 3. The molecule has 1 fully saturated rings. The fraction of sp³-hybridized carbons (Fsp3) is 0.148. The van der Waals surface area contributed by atoms with Crippen LogP contribution in [-0.4, -0.2) is 63.8 Å². The van der Waals surface area contributed by atoms with Gasteiger partial charge in [-0.05, 0) is 36.4 Å². The number of para-hydroxylation sites is 1. The Bertz CT molecular complexity index is 1530. The Morgan fingerprint density at radius 3 is 2.56 bits per heavy atom. The molecule has 1 aliphatic rings. The van der Waals surface area contributed by atoms with Crippen molar-refractivity contribution >= 4 is 35.3 Å². The van der Waals surface area contributed by atoms with Crippen LogP contribution in [0.3, 0.4) is 0 Å². The Morgan fingerprint density at radius 1 is 1.05 bits per heavy atom. The van der Waals surface area contributed by atoms with Crippen molar-refractivity contribution in [2.75, 3.05) is 31.6 Å². The van der Waals surface area contributed by atoms with E-state index in [4.69, 9.17) is 16.3 Å². The Hall–Kier alpha value is -4.77. The largest absolute Gasteiger partial charge is 0.448 e. The molecular formula is C27H22ClFN6O4. The number of hydrogen-bond acceptors (Lipinski definition) is 6. The first-order chi connectivity index (χ1) is 18.9. The lowest BCUT2D eigenvalue weighted by Gasteiger charge is -2.12. The summed E-state index contributed by atoms with van der Waals surface area (Å²) in [4.78, 5) is 43.4. The fourth-order valence-corrected chi connectivity index (χ4v) is 4.23. The van der Waals surface area contributed by atoms with Gasteiger partial charge >= 0.3 is 6.09 Å². The van der Waals surface area contributed by atoms with E-state index >= 15 is 0 Å². The normalized spacial score (nSPS) is 12.8. The van der Waals surface area contributed by atoms with Gasteiger partial charge in [0, 0.05) is 30.9 Å². The predicted octanol–water partition coefficient (Wildman–Crippen LogP) is 4.16. The summed E-state index contributed by atoms with van der Waals surface area (Å²) in [5.74, 6) is -1.55. The van der Waals surface area contributed by atoms with Gasteiger partial charge in [0.1, 0.15) is 18.2 Å². The molecule has 2 aromatic carbocycles. The lowest BCUT2D eigenvalue weighted by atomic mass is 10.1. The molecule has 0 radical (unpaired) electrons. The highest BCUT2D eigenvalue weighted by molar-refractivity contribution is 6.34. The highest BCUT2D eigenvalue weighted by atomic mass is 35.5. The summed E-state index contributed by atoms with van der Waals surface area (Å²) in [5, 5.41) is 9.74. The average molecular weight is 549 g/mol. The van der Waals surface area contributed by atoms with E-state index < -0.39 is 23.7 Å². The van der Waals surface area contributed by atoms with Crippen molar-refractivity contribution in [2.45, 2.75) is 0 Å². The van der Waals surface area contributed by atoms with Gasteiger partial charge in [0.15, 0.2) is 5.69 Å². The third kappa shape index (κ3) is 5.73. The molecule has 3 heterocycles. The SMILES string of the molecule is O=C(NCCN1CCOC1=O)c1cc(NC(=O)c2cc(-c3ccccn3)c(F)cc2Cl)n(-c2ccccc2)n1. The number of nitrogens with one attached hydrogen (secondary N) is 2. The number of anilines is 1. The van der Waals surface area contributed by atoms with Crippen molar-refractivity contribution in [3.63, 3.8) is 0 Å². The highest BCUT2D eigenvalue weighted by Crippen LogP contribution is 2.28. The minimum Gasteiger partial charge on any atom is -0.448 e. The summed E-state index contributed by atoms with van der Waals surface area (Å²) in [7, 11) is 0. The zero-order valence-electron chi connectivity index (χ0n) is 20.4. The maximum atomic E-state index is 14.7. The molecule has 0 aliphatic carbocycles. The summed E-state index contributed by atoms with van der Waals surface area (Å²) >= 11 is 6.24. The van der Waals surface area contributed by atoms with E-state index in [0.717, 1.165) is 6.07 Å². The van der Waals surface area contributed by atoms with Gasteiger partial charge in [0.05, 0.1) is 28.5 Å². The molecule has 12 heteroatoms. The molecule has 198 valence electrons. The van der Waals surface area contributed by atoms with Crippen molar-refractivity contribution in [3.05, 3.63) is 95.0 Å². The molecule has 3 amide bonds. The zero-order chi connectivity index (χ0) is 27.4. The van der Waals surface area contributed by atoms with Crippen LogP contribution in [0.15, 0.2) is 72.9 Å². The van der Waals surface area contributed by atoms with Crippen LogP contribution in [0.4, 0.5) is 15.0 Å². The van der Waals surface area contributed by atoms with Crippen LogP contribution in [0.5, 0.6) is 0 Å². The number of nitrogens with zero attached hydrogens (tertiary/aromatic N) is 4. The minimum absolute atomic E-state index is 0.0167. The van der Waals surface area contributed by atoms with E-state index in [1.54, 1.807) is 42.5 Å². The van der Waals surface area contributed by atoms with E-state index in [0.29, 0.717) is 24.5 Å². The molecule has 0 unspecified atom stereocenters. The van der Waals surface area contributed by atoms with Crippen LogP contribution in [0, 0.1) is 5.82 Å². The molecule has 1 aliphatic heterocycles. The number of carbonyl (C=O) groups excluding carboxylic acids is 3. The quantitative estimate of drug-likeness (QED) is 0.341. The van der Waals surface area contributed by atoms with Gasteiger partial charge in [-0.15, -0.1) is 0 Å². The van der Waals surface area contributed by atoms with E-state index in [-0.39, 0.29) is 40.8 Å². The number of aromatic nitrogens is 3. The standard InChI is InChI=1S/C27H22ClFN6O4/c28-20-15-21(29)19(22-8-4-5-9-30-22)14-18(20)25(36)32-24-16-23(33-35(24)17-6-2-1-3-7-17)26(37)31-10-11-34-12-13-39-27(34)38/h1-9,14-16H,10-13H2,(H,31,37)(H,32,36). The second kappa shape index (κ2) is 11.3. The number of ether oxygens (including phenoxy) is 1. The van der Waals surface area contributed by atoms with Gasteiger partial charge in [-0.25, -0.2) is 13.9 Å². The number of amides is 3. The summed E-state index contributed by atoms with van der Waals surface area (Å²) in [6.07, 6.45) is 1.10.